The maximum Gasteiger partial charge on any atom is 0.254 e. The summed E-state index contributed by atoms with van der Waals surface area (Å²) in [5.41, 5.74) is 3.25. The fourth-order valence-corrected chi connectivity index (χ4v) is 4.31. The fraction of sp³-hybridized carbons (Fsp3) is 0.500. The van der Waals surface area contributed by atoms with Gasteiger partial charge in [-0.3, -0.25) is 15.0 Å². The Morgan fingerprint density at radius 3 is 2.38 bits per heavy atom. The third kappa shape index (κ3) is 5.12. The van der Waals surface area contributed by atoms with Crippen LogP contribution in [0.1, 0.15) is 62.9 Å². The van der Waals surface area contributed by atoms with Gasteiger partial charge >= 0.3 is 0 Å². The standard InChI is InChI=1S/C26H36N4O2/c1-6-20-17-21(30-12-8-9-23(30)31)10-11-22(20)25(32)29-15-13-28(14-16-29)24(27)19(3)18-26(4,5)7-2/h6,10-11,17-18,27H,1,7-9,12-16H2,2-5H3/b19-18-,27-24?. The van der Waals surface area contributed by atoms with Crippen molar-refractivity contribution in [3.63, 3.8) is 0 Å². The zero-order valence-electron chi connectivity index (χ0n) is 19.9. The molecule has 3 rings (SSSR count). The number of anilines is 1. The summed E-state index contributed by atoms with van der Waals surface area (Å²) in [4.78, 5) is 31.0. The summed E-state index contributed by atoms with van der Waals surface area (Å²) in [7, 11) is 0. The van der Waals surface area contributed by atoms with Gasteiger partial charge in [0.1, 0.15) is 5.84 Å². The molecule has 1 N–H and O–H groups in total. The minimum atomic E-state index is -0.0234. The van der Waals surface area contributed by atoms with E-state index in [-0.39, 0.29) is 17.2 Å². The summed E-state index contributed by atoms with van der Waals surface area (Å²) in [5.74, 6) is 0.652. The fourth-order valence-electron chi connectivity index (χ4n) is 4.31. The first-order valence-electron chi connectivity index (χ1n) is 11.6. The van der Waals surface area contributed by atoms with Crippen molar-refractivity contribution in [1.29, 1.82) is 5.41 Å². The molecular formula is C26H36N4O2. The molecule has 0 atom stereocenters. The molecule has 6 heteroatoms. The molecule has 0 aliphatic carbocycles. The number of amidine groups is 1. The molecule has 2 heterocycles. The van der Waals surface area contributed by atoms with Crippen molar-refractivity contribution in [2.75, 3.05) is 37.6 Å². The predicted octanol–water partition coefficient (Wildman–Crippen LogP) is 4.57. The second kappa shape index (κ2) is 9.72. The van der Waals surface area contributed by atoms with Crippen LogP contribution in [0.5, 0.6) is 0 Å². The van der Waals surface area contributed by atoms with Gasteiger partial charge in [0.05, 0.1) is 0 Å². The zero-order chi connectivity index (χ0) is 23.5. The van der Waals surface area contributed by atoms with E-state index in [1.54, 1.807) is 11.0 Å². The number of hydrogen-bond donors (Lipinski definition) is 1. The second-order valence-electron chi connectivity index (χ2n) is 9.42. The summed E-state index contributed by atoms with van der Waals surface area (Å²) >= 11 is 0. The molecule has 172 valence electrons. The maximum absolute atomic E-state index is 13.2. The molecule has 2 saturated heterocycles. The summed E-state index contributed by atoms with van der Waals surface area (Å²) in [6.07, 6.45) is 6.33. The highest BCUT2D eigenvalue weighted by Gasteiger charge is 2.27. The highest BCUT2D eigenvalue weighted by molar-refractivity contribution is 6.01. The summed E-state index contributed by atoms with van der Waals surface area (Å²) in [5, 5.41) is 8.58. The van der Waals surface area contributed by atoms with Crippen molar-refractivity contribution in [2.24, 2.45) is 5.41 Å². The van der Waals surface area contributed by atoms with E-state index in [9.17, 15) is 9.59 Å². The van der Waals surface area contributed by atoms with Crippen molar-refractivity contribution >= 4 is 29.4 Å². The average Bonchev–Trinajstić information content (AvgIpc) is 3.23. The second-order valence-corrected chi connectivity index (χ2v) is 9.42. The predicted molar refractivity (Wildman–Crippen MR) is 131 cm³/mol. The van der Waals surface area contributed by atoms with Gasteiger partial charge in [-0.05, 0) is 54.5 Å². The van der Waals surface area contributed by atoms with Gasteiger partial charge in [0.2, 0.25) is 5.91 Å². The molecule has 6 nitrogen and oxygen atoms in total. The van der Waals surface area contributed by atoms with Crippen LogP contribution in [0.2, 0.25) is 0 Å². The monoisotopic (exact) mass is 436 g/mol. The van der Waals surface area contributed by atoms with Crippen molar-refractivity contribution < 1.29 is 9.59 Å². The van der Waals surface area contributed by atoms with Gasteiger partial charge in [-0.15, -0.1) is 0 Å². The number of amides is 2. The number of nitrogens with zero attached hydrogens (tertiary/aromatic N) is 3. The van der Waals surface area contributed by atoms with Crippen molar-refractivity contribution in [3.8, 4) is 0 Å². The van der Waals surface area contributed by atoms with E-state index in [2.05, 4.69) is 38.3 Å². The number of benzene rings is 1. The topological polar surface area (TPSA) is 67.7 Å². The summed E-state index contributed by atoms with van der Waals surface area (Å²) < 4.78 is 0. The quantitative estimate of drug-likeness (QED) is 0.524. The van der Waals surface area contributed by atoms with Crippen molar-refractivity contribution in [1.82, 2.24) is 9.80 Å². The highest BCUT2D eigenvalue weighted by Crippen LogP contribution is 2.27. The van der Waals surface area contributed by atoms with Crippen LogP contribution in [0.25, 0.3) is 6.08 Å². The van der Waals surface area contributed by atoms with E-state index < -0.39 is 0 Å². The zero-order valence-corrected chi connectivity index (χ0v) is 19.9. The van der Waals surface area contributed by atoms with E-state index >= 15 is 0 Å². The van der Waals surface area contributed by atoms with Gasteiger partial charge in [-0.1, -0.05) is 39.5 Å². The van der Waals surface area contributed by atoms with Crippen LogP contribution in [0, 0.1) is 10.8 Å². The first kappa shape index (κ1) is 23.8. The first-order chi connectivity index (χ1) is 15.2. The lowest BCUT2D eigenvalue weighted by molar-refractivity contribution is -0.117. The average molecular weight is 437 g/mol. The Labute approximate surface area is 192 Å². The van der Waals surface area contributed by atoms with Gasteiger partial charge < -0.3 is 14.7 Å². The molecule has 2 amide bonds. The SMILES string of the molecule is C=Cc1cc(N2CCCC2=O)ccc1C(=O)N1CCN(C(=N)/C(C)=C\C(C)(C)CC)CC1. The number of rotatable bonds is 6. The molecular weight excluding hydrogens is 400 g/mol. The number of allylic oxidation sites excluding steroid dienone is 1. The van der Waals surface area contributed by atoms with E-state index in [4.69, 9.17) is 5.41 Å². The molecule has 0 unspecified atom stereocenters. The van der Waals surface area contributed by atoms with Gasteiger partial charge in [0.25, 0.3) is 5.91 Å². The Morgan fingerprint density at radius 2 is 1.81 bits per heavy atom. The van der Waals surface area contributed by atoms with E-state index in [1.807, 2.05) is 30.0 Å². The number of carbonyl (C=O) groups is 2. The molecule has 2 fully saturated rings. The van der Waals surface area contributed by atoms with E-state index in [0.717, 1.165) is 36.2 Å². The molecule has 1 aromatic rings. The molecule has 0 saturated carbocycles. The Morgan fingerprint density at radius 1 is 1.16 bits per heavy atom. The van der Waals surface area contributed by atoms with Gasteiger partial charge in [-0.25, -0.2) is 0 Å². The van der Waals surface area contributed by atoms with Crippen LogP contribution in [0.15, 0.2) is 36.4 Å². The third-order valence-electron chi connectivity index (χ3n) is 6.65. The lowest BCUT2D eigenvalue weighted by atomic mass is 9.88. The molecule has 2 aliphatic heterocycles. The Kier molecular flexibility index (Phi) is 7.22. The van der Waals surface area contributed by atoms with Crippen LogP contribution >= 0.6 is 0 Å². The van der Waals surface area contributed by atoms with Crippen molar-refractivity contribution in [3.05, 3.63) is 47.6 Å². The van der Waals surface area contributed by atoms with E-state index in [1.165, 1.54) is 0 Å². The van der Waals surface area contributed by atoms with Gasteiger partial charge in [0.15, 0.2) is 0 Å². The normalized spacial score (nSPS) is 17.7. The van der Waals surface area contributed by atoms with Crippen LogP contribution in [0.3, 0.4) is 0 Å². The first-order valence-corrected chi connectivity index (χ1v) is 11.6. The minimum Gasteiger partial charge on any atom is -0.353 e. The van der Waals surface area contributed by atoms with Gasteiger partial charge in [-0.2, -0.15) is 0 Å². The Balaban J connectivity index is 1.67. The molecule has 2 aliphatic rings. The summed E-state index contributed by atoms with van der Waals surface area (Å²) in [6.45, 7) is 15.6. The van der Waals surface area contributed by atoms with Crippen LogP contribution in [0.4, 0.5) is 5.69 Å². The minimum absolute atomic E-state index is 0.0234. The molecule has 0 radical (unpaired) electrons. The lowest BCUT2D eigenvalue weighted by Crippen LogP contribution is -2.50. The lowest BCUT2D eigenvalue weighted by Gasteiger charge is -2.37. The third-order valence-corrected chi connectivity index (χ3v) is 6.65. The molecule has 0 bridgehead atoms. The molecule has 1 aromatic carbocycles. The van der Waals surface area contributed by atoms with Gasteiger partial charge in [0, 0.05) is 50.4 Å². The molecule has 0 aromatic heterocycles. The van der Waals surface area contributed by atoms with Crippen LogP contribution < -0.4 is 4.90 Å². The number of nitrogens with one attached hydrogen (secondary N) is 1. The highest BCUT2D eigenvalue weighted by atomic mass is 16.2. The van der Waals surface area contributed by atoms with E-state index in [0.29, 0.717) is 44.0 Å². The number of hydrogen-bond acceptors (Lipinski definition) is 3. The number of carbonyl (C=O) groups excluding carboxylic acids is 2. The molecule has 0 spiro atoms. The molecule has 32 heavy (non-hydrogen) atoms. The Bertz CT molecular complexity index is 939. The smallest absolute Gasteiger partial charge is 0.254 e. The number of piperazine rings is 1. The largest absolute Gasteiger partial charge is 0.353 e. The maximum atomic E-state index is 13.2. The van der Waals surface area contributed by atoms with Crippen LogP contribution in [-0.2, 0) is 4.79 Å². The van der Waals surface area contributed by atoms with Crippen molar-refractivity contribution in [2.45, 2.75) is 47.0 Å². The summed E-state index contributed by atoms with van der Waals surface area (Å²) in [6, 6.07) is 5.56. The van der Waals surface area contributed by atoms with Crippen LogP contribution in [-0.4, -0.2) is 60.2 Å². The Hall–Kier alpha value is -2.89.